The van der Waals surface area contributed by atoms with Gasteiger partial charge in [0.25, 0.3) is 0 Å². The van der Waals surface area contributed by atoms with Crippen LogP contribution >= 0.6 is 0 Å². The summed E-state index contributed by atoms with van der Waals surface area (Å²) < 4.78 is 14.1. The van der Waals surface area contributed by atoms with Crippen LogP contribution in [0.15, 0.2) is 54.7 Å². The van der Waals surface area contributed by atoms with E-state index in [2.05, 4.69) is 59.9 Å². The molecule has 0 saturated carbocycles. The van der Waals surface area contributed by atoms with Gasteiger partial charge in [0.15, 0.2) is 5.75 Å². The summed E-state index contributed by atoms with van der Waals surface area (Å²) in [5.41, 5.74) is 5.91. The van der Waals surface area contributed by atoms with Crippen molar-refractivity contribution in [3.8, 4) is 22.6 Å². The van der Waals surface area contributed by atoms with Gasteiger partial charge in [0.2, 0.25) is 0 Å². The molecule has 0 N–H and O–H groups in total. The van der Waals surface area contributed by atoms with Gasteiger partial charge in [0.1, 0.15) is 11.4 Å². The van der Waals surface area contributed by atoms with Crippen LogP contribution in [0.4, 0.5) is 11.5 Å². The van der Waals surface area contributed by atoms with Crippen molar-refractivity contribution in [1.82, 2.24) is 0 Å². The summed E-state index contributed by atoms with van der Waals surface area (Å²) in [6.45, 7) is 2.11. The van der Waals surface area contributed by atoms with E-state index in [1.807, 2.05) is 18.2 Å². The predicted octanol–water partition coefficient (Wildman–Crippen LogP) is 2.73. The molecule has 0 saturated heterocycles. The molecule has 2 aromatic carbocycles. The largest absolute Gasteiger partial charge is 0.648 e. The van der Waals surface area contributed by atoms with E-state index in [1.165, 1.54) is 16.6 Å². The molecule has 1 aromatic heterocycles. The van der Waals surface area contributed by atoms with E-state index in [1.54, 1.807) is 7.11 Å². The Balaban J connectivity index is 1.88. The van der Waals surface area contributed by atoms with Crippen LogP contribution < -0.4 is 24.2 Å². The van der Waals surface area contributed by atoms with Gasteiger partial charge in [0.05, 0.1) is 20.4 Å². The zero-order valence-electron chi connectivity index (χ0n) is 14.5. The molecular weight excluding hydrogens is 311 g/mol. The van der Waals surface area contributed by atoms with Crippen molar-refractivity contribution in [1.29, 1.82) is 0 Å². The lowest BCUT2D eigenvalue weighted by molar-refractivity contribution is -0.657. The van der Waals surface area contributed by atoms with Crippen molar-refractivity contribution in [2.45, 2.75) is 6.92 Å². The van der Waals surface area contributed by atoms with E-state index in [0.717, 1.165) is 28.6 Å². The first-order valence-electron chi connectivity index (χ1n) is 8.42. The summed E-state index contributed by atoms with van der Waals surface area (Å²) in [6, 6.07) is 16.7. The number of ether oxygens (including phenoxy) is 1. The highest BCUT2D eigenvalue weighted by Crippen LogP contribution is 2.48. The van der Waals surface area contributed by atoms with E-state index in [4.69, 9.17) is 9.39 Å². The van der Waals surface area contributed by atoms with Gasteiger partial charge in [-0.3, -0.25) is 0 Å². The molecule has 5 rings (SSSR count). The van der Waals surface area contributed by atoms with E-state index in [-0.39, 0.29) is 7.05 Å². The van der Waals surface area contributed by atoms with Crippen LogP contribution in [0.3, 0.4) is 0 Å². The number of methoxy groups -OCH3 is 1. The highest BCUT2D eigenvalue weighted by atomic mass is 16.5. The molecule has 122 valence electrons. The standard InChI is InChI=1S/C20H18BN2O2/c1-13-17(24-3)11-10-15-14-7-4-5-8-16(14)21-23(19(13)15)20-18(25-21)9-6-12-22(20)2/h4-12H,1-3H3/q+1. The SMILES string of the molecule is COc1ccc2c(c1C)N1B(Oc3ccc[n+](C)c31)c1ccccc1-2. The molecule has 0 bridgehead atoms. The number of anilines is 2. The zero-order valence-corrected chi connectivity index (χ0v) is 14.5. The second-order valence-electron chi connectivity index (χ2n) is 6.52. The number of pyridine rings is 1. The maximum absolute atomic E-state index is 6.37. The topological polar surface area (TPSA) is 25.6 Å². The molecular formula is C20H18BN2O2+. The average Bonchev–Trinajstić information content (AvgIpc) is 3.03. The third-order valence-corrected chi connectivity index (χ3v) is 5.17. The molecule has 0 radical (unpaired) electrons. The Bertz CT molecular complexity index is 1020. The van der Waals surface area contributed by atoms with Crippen molar-refractivity contribution >= 4 is 24.0 Å². The number of benzene rings is 2. The molecule has 4 nitrogen and oxygen atoms in total. The van der Waals surface area contributed by atoms with Crippen LogP contribution in [0.2, 0.25) is 0 Å². The molecule has 5 heteroatoms. The quantitative estimate of drug-likeness (QED) is 0.507. The van der Waals surface area contributed by atoms with Crippen LogP contribution in [-0.4, -0.2) is 14.2 Å². The van der Waals surface area contributed by atoms with E-state index in [9.17, 15) is 0 Å². The Kier molecular flexibility index (Phi) is 2.89. The van der Waals surface area contributed by atoms with Crippen molar-refractivity contribution in [2.24, 2.45) is 7.05 Å². The Morgan fingerprint density at radius 3 is 2.72 bits per heavy atom. The molecule has 3 heterocycles. The van der Waals surface area contributed by atoms with Crippen molar-refractivity contribution < 1.29 is 14.0 Å². The molecule has 25 heavy (non-hydrogen) atoms. The first-order valence-corrected chi connectivity index (χ1v) is 8.42. The van der Waals surface area contributed by atoms with E-state index in [0.29, 0.717) is 0 Å². The highest BCUT2D eigenvalue weighted by Gasteiger charge is 2.54. The predicted molar refractivity (Wildman–Crippen MR) is 98.9 cm³/mol. The minimum Gasteiger partial charge on any atom is -0.512 e. The first-order chi connectivity index (χ1) is 12.2. The molecule has 0 unspecified atom stereocenters. The van der Waals surface area contributed by atoms with Gasteiger partial charge in [-0.05, 0) is 36.8 Å². The average molecular weight is 329 g/mol. The lowest BCUT2D eigenvalue weighted by Gasteiger charge is -2.27. The third kappa shape index (κ3) is 1.81. The van der Waals surface area contributed by atoms with Gasteiger partial charge in [-0.1, -0.05) is 24.3 Å². The number of rotatable bonds is 1. The number of hydrogen-bond donors (Lipinski definition) is 0. The molecule has 2 aliphatic rings. The molecule has 0 fully saturated rings. The summed E-state index contributed by atoms with van der Waals surface area (Å²) in [7, 11) is 3.62. The van der Waals surface area contributed by atoms with Gasteiger partial charge in [-0.2, -0.15) is 0 Å². The maximum atomic E-state index is 6.37. The summed E-state index contributed by atoms with van der Waals surface area (Å²) in [4.78, 5) is 2.30. The fourth-order valence-corrected chi connectivity index (χ4v) is 4.06. The van der Waals surface area contributed by atoms with Gasteiger partial charge >= 0.3 is 12.9 Å². The third-order valence-electron chi connectivity index (χ3n) is 5.17. The fourth-order valence-electron chi connectivity index (χ4n) is 4.06. The lowest BCUT2D eigenvalue weighted by Crippen LogP contribution is -2.52. The number of aryl methyl sites for hydroxylation is 1. The van der Waals surface area contributed by atoms with Gasteiger partial charge < -0.3 is 9.39 Å². The Morgan fingerprint density at radius 2 is 1.88 bits per heavy atom. The van der Waals surface area contributed by atoms with Crippen LogP contribution in [0.25, 0.3) is 11.1 Å². The molecule has 2 aliphatic heterocycles. The molecule has 0 atom stereocenters. The molecule has 0 spiro atoms. The Morgan fingerprint density at radius 1 is 1.04 bits per heavy atom. The van der Waals surface area contributed by atoms with Crippen molar-refractivity contribution in [3.63, 3.8) is 0 Å². The number of hydrogen-bond acceptors (Lipinski definition) is 3. The minimum atomic E-state index is -0.155. The van der Waals surface area contributed by atoms with Gasteiger partial charge in [-0.25, -0.2) is 9.38 Å². The number of nitrogens with zero attached hydrogens (tertiary/aromatic N) is 2. The minimum absolute atomic E-state index is 0.155. The van der Waals surface area contributed by atoms with Gasteiger partial charge in [0, 0.05) is 16.6 Å². The maximum Gasteiger partial charge on any atom is 0.648 e. The van der Waals surface area contributed by atoms with E-state index >= 15 is 0 Å². The first kappa shape index (κ1) is 14.4. The summed E-state index contributed by atoms with van der Waals surface area (Å²) in [5.74, 6) is 2.86. The van der Waals surface area contributed by atoms with Crippen LogP contribution in [0.5, 0.6) is 11.5 Å². The molecule has 0 aliphatic carbocycles. The fraction of sp³-hybridized carbons (Fsp3) is 0.150. The molecule has 0 amide bonds. The summed E-state index contributed by atoms with van der Waals surface area (Å²) >= 11 is 0. The van der Waals surface area contributed by atoms with Gasteiger partial charge in [-0.15, -0.1) is 0 Å². The highest BCUT2D eigenvalue weighted by molar-refractivity contribution is 6.77. The van der Waals surface area contributed by atoms with Crippen LogP contribution in [0, 0.1) is 6.92 Å². The lowest BCUT2D eigenvalue weighted by atomic mass is 9.64. The van der Waals surface area contributed by atoms with Crippen LogP contribution in [0.1, 0.15) is 5.56 Å². The smallest absolute Gasteiger partial charge is 0.512 e. The number of aromatic nitrogens is 1. The second-order valence-corrected chi connectivity index (χ2v) is 6.52. The van der Waals surface area contributed by atoms with E-state index < -0.39 is 0 Å². The Hall–Kier alpha value is -2.95. The molecule has 3 aromatic rings. The monoisotopic (exact) mass is 329 g/mol. The van der Waals surface area contributed by atoms with Crippen molar-refractivity contribution in [3.05, 3.63) is 60.3 Å². The zero-order chi connectivity index (χ0) is 17.1. The summed E-state index contributed by atoms with van der Waals surface area (Å²) in [6.07, 6.45) is 2.06. The second kappa shape index (κ2) is 5.02. The summed E-state index contributed by atoms with van der Waals surface area (Å²) in [5, 5.41) is 0. The Labute approximate surface area is 147 Å². The van der Waals surface area contributed by atoms with Crippen LogP contribution in [-0.2, 0) is 7.05 Å². The number of fused-ring (bicyclic) bond motifs is 8. The normalized spacial score (nSPS) is 13.6. The van der Waals surface area contributed by atoms with Crippen molar-refractivity contribution in [2.75, 3.05) is 11.9 Å².